The molecule has 0 amide bonds. The molecular weight excluding hydrogens is 272 g/mol. The fourth-order valence-corrected chi connectivity index (χ4v) is 3.70. The van der Waals surface area contributed by atoms with Gasteiger partial charge in [-0.1, -0.05) is 18.2 Å². The van der Waals surface area contributed by atoms with Crippen LogP contribution in [0.5, 0.6) is 0 Å². The van der Waals surface area contributed by atoms with E-state index < -0.39 is 6.43 Å². The van der Waals surface area contributed by atoms with Crippen LogP contribution in [0.25, 0.3) is 0 Å². The molecule has 2 N–H and O–H groups in total. The van der Waals surface area contributed by atoms with Crippen molar-refractivity contribution < 1.29 is 8.78 Å². The van der Waals surface area contributed by atoms with E-state index in [0.29, 0.717) is 12.6 Å². The molecule has 0 bridgehead atoms. The summed E-state index contributed by atoms with van der Waals surface area (Å²) in [5, 5.41) is 0. The Morgan fingerprint density at radius 2 is 2.00 bits per heavy atom. The van der Waals surface area contributed by atoms with E-state index in [0.717, 1.165) is 25.2 Å². The second-order valence-corrected chi connectivity index (χ2v) is 6.05. The first-order valence-corrected chi connectivity index (χ1v) is 7.75. The number of rotatable bonds is 4. The molecule has 0 saturated carbocycles. The molecule has 3 rings (SSSR count). The van der Waals surface area contributed by atoms with Gasteiger partial charge in [0.05, 0.1) is 0 Å². The highest BCUT2D eigenvalue weighted by Crippen LogP contribution is 2.29. The maximum absolute atomic E-state index is 12.9. The van der Waals surface area contributed by atoms with Gasteiger partial charge in [0.15, 0.2) is 0 Å². The van der Waals surface area contributed by atoms with Crippen molar-refractivity contribution in [3.05, 3.63) is 35.4 Å². The van der Waals surface area contributed by atoms with Crippen molar-refractivity contribution >= 4 is 0 Å². The Morgan fingerprint density at radius 3 is 2.76 bits per heavy atom. The first kappa shape index (κ1) is 14.9. The molecule has 0 spiro atoms. The van der Waals surface area contributed by atoms with E-state index in [9.17, 15) is 8.78 Å². The molecule has 1 aromatic rings. The van der Waals surface area contributed by atoms with Crippen LogP contribution in [0.4, 0.5) is 8.78 Å². The van der Waals surface area contributed by atoms with Crippen LogP contribution in [0.1, 0.15) is 36.4 Å². The fraction of sp³-hybridized carbons (Fsp3) is 0.625. The topological polar surface area (TPSA) is 32.5 Å². The van der Waals surface area contributed by atoms with Gasteiger partial charge < -0.3 is 5.73 Å². The van der Waals surface area contributed by atoms with Crippen molar-refractivity contribution in [2.45, 2.75) is 31.4 Å². The van der Waals surface area contributed by atoms with Crippen molar-refractivity contribution in [2.75, 3.05) is 32.7 Å². The van der Waals surface area contributed by atoms with Crippen molar-refractivity contribution in [2.24, 2.45) is 5.73 Å². The summed E-state index contributed by atoms with van der Waals surface area (Å²) in [7, 11) is 0. The summed E-state index contributed by atoms with van der Waals surface area (Å²) in [4.78, 5) is 4.91. The van der Waals surface area contributed by atoms with Crippen LogP contribution in [0.3, 0.4) is 0 Å². The molecule has 2 heterocycles. The molecule has 5 heteroatoms. The zero-order valence-corrected chi connectivity index (χ0v) is 12.2. The van der Waals surface area contributed by atoms with Crippen LogP contribution < -0.4 is 5.73 Å². The predicted molar refractivity (Wildman–Crippen MR) is 79.4 cm³/mol. The van der Waals surface area contributed by atoms with E-state index in [-0.39, 0.29) is 11.6 Å². The first-order valence-electron chi connectivity index (χ1n) is 7.75. The third-order valence-electron chi connectivity index (χ3n) is 4.83. The normalized spacial score (nSPS) is 25.2. The molecule has 2 fully saturated rings. The Bertz CT molecular complexity index is 480. The molecule has 0 aromatic heterocycles. The third kappa shape index (κ3) is 3.10. The summed E-state index contributed by atoms with van der Waals surface area (Å²) in [5.74, 6) is 0. The highest BCUT2D eigenvalue weighted by atomic mass is 19.3. The minimum Gasteiger partial charge on any atom is -0.329 e. The number of hydrogen-bond donors (Lipinski definition) is 1. The van der Waals surface area contributed by atoms with Crippen LogP contribution in [0.15, 0.2) is 24.3 Å². The number of fused-ring (bicyclic) bond motifs is 1. The molecule has 1 aromatic carbocycles. The van der Waals surface area contributed by atoms with Crippen LogP contribution >= 0.6 is 0 Å². The van der Waals surface area contributed by atoms with Crippen molar-refractivity contribution in [3.63, 3.8) is 0 Å². The molecule has 2 aliphatic heterocycles. The average Bonchev–Trinajstić information content (AvgIpc) is 2.96. The monoisotopic (exact) mass is 295 g/mol. The van der Waals surface area contributed by atoms with Crippen molar-refractivity contribution in [3.8, 4) is 0 Å². The maximum atomic E-state index is 12.9. The van der Waals surface area contributed by atoms with Crippen molar-refractivity contribution in [1.29, 1.82) is 0 Å². The van der Waals surface area contributed by atoms with Crippen LogP contribution in [-0.2, 0) is 0 Å². The van der Waals surface area contributed by atoms with Gasteiger partial charge in [-0.05, 0) is 31.0 Å². The third-order valence-corrected chi connectivity index (χ3v) is 4.83. The van der Waals surface area contributed by atoms with Gasteiger partial charge in [-0.25, -0.2) is 8.78 Å². The summed E-state index contributed by atoms with van der Waals surface area (Å²) in [6.45, 7) is 4.71. The summed E-state index contributed by atoms with van der Waals surface area (Å²) in [6.07, 6.45) is 0.0902. The minimum absolute atomic E-state index is 0.0476. The molecule has 2 atom stereocenters. The molecule has 21 heavy (non-hydrogen) atoms. The van der Waals surface area contributed by atoms with E-state index in [1.165, 1.54) is 25.5 Å². The smallest absolute Gasteiger partial charge is 0.263 e. The quantitative estimate of drug-likeness (QED) is 0.926. The second kappa shape index (κ2) is 6.38. The van der Waals surface area contributed by atoms with Gasteiger partial charge in [0.1, 0.15) is 0 Å². The van der Waals surface area contributed by atoms with E-state index in [4.69, 9.17) is 5.73 Å². The van der Waals surface area contributed by atoms with Gasteiger partial charge in [-0.3, -0.25) is 9.80 Å². The number of hydrogen-bond acceptors (Lipinski definition) is 3. The van der Waals surface area contributed by atoms with Gasteiger partial charge in [-0.15, -0.1) is 0 Å². The van der Waals surface area contributed by atoms with E-state index in [2.05, 4.69) is 9.80 Å². The average molecular weight is 295 g/mol. The fourth-order valence-electron chi connectivity index (χ4n) is 3.70. The van der Waals surface area contributed by atoms with Crippen LogP contribution in [-0.4, -0.2) is 48.6 Å². The van der Waals surface area contributed by atoms with E-state index in [1.54, 1.807) is 12.1 Å². The maximum Gasteiger partial charge on any atom is 0.263 e. The number of nitrogens with two attached hydrogens (primary N) is 1. The summed E-state index contributed by atoms with van der Waals surface area (Å²) < 4.78 is 25.8. The Balaban J connectivity index is 1.76. The van der Waals surface area contributed by atoms with Gasteiger partial charge in [0.25, 0.3) is 6.43 Å². The molecule has 116 valence electrons. The van der Waals surface area contributed by atoms with E-state index >= 15 is 0 Å². The Morgan fingerprint density at radius 1 is 1.19 bits per heavy atom. The Hall–Kier alpha value is -1.04. The molecular formula is C16H23F2N3. The number of halogens is 2. The Kier molecular flexibility index (Phi) is 4.52. The standard InChI is InChI=1S/C16H23F2N3/c17-16(18)13-4-1-3-12(9-13)15(10-19)21-8-7-20-6-2-5-14(20)11-21/h1,3-4,9,14-16H,2,5-8,10-11,19H2. The first-order chi connectivity index (χ1) is 10.2. The molecule has 0 aliphatic carbocycles. The summed E-state index contributed by atoms with van der Waals surface area (Å²) >= 11 is 0. The Labute approximate surface area is 124 Å². The molecule has 0 radical (unpaired) electrons. The van der Waals surface area contributed by atoms with E-state index in [1.807, 2.05) is 6.07 Å². The second-order valence-electron chi connectivity index (χ2n) is 6.05. The van der Waals surface area contributed by atoms with Crippen LogP contribution in [0, 0.1) is 0 Å². The predicted octanol–water partition coefficient (Wildman–Crippen LogP) is 2.40. The lowest BCUT2D eigenvalue weighted by atomic mass is 10.0. The number of benzene rings is 1. The lowest BCUT2D eigenvalue weighted by molar-refractivity contribution is 0.0735. The number of nitrogens with zero attached hydrogens (tertiary/aromatic N) is 2. The molecule has 2 saturated heterocycles. The zero-order chi connectivity index (χ0) is 14.8. The zero-order valence-electron chi connectivity index (χ0n) is 12.2. The summed E-state index contributed by atoms with van der Waals surface area (Å²) in [5.41, 5.74) is 6.96. The van der Waals surface area contributed by atoms with Gasteiger partial charge >= 0.3 is 0 Å². The van der Waals surface area contributed by atoms with Gasteiger partial charge in [-0.2, -0.15) is 0 Å². The van der Waals surface area contributed by atoms with Crippen LogP contribution in [0.2, 0.25) is 0 Å². The largest absolute Gasteiger partial charge is 0.329 e. The number of piperazine rings is 1. The minimum atomic E-state index is -2.42. The highest BCUT2D eigenvalue weighted by molar-refractivity contribution is 5.27. The SMILES string of the molecule is NCC(c1cccc(C(F)F)c1)N1CCN2CCCC2C1. The highest BCUT2D eigenvalue weighted by Gasteiger charge is 2.33. The molecule has 2 unspecified atom stereocenters. The lowest BCUT2D eigenvalue weighted by Crippen LogP contribution is -2.52. The van der Waals surface area contributed by atoms with Crippen molar-refractivity contribution in [1.82, 2.24) is 9.80 Å². The molecule has 2 aliphatic rings. The summed E-state index contributed by atoms with van der Waals surface area (Å²) in [6, 6.07) is 7.40. The van der Waals surface area contributed by atoms with Gasteiger partial charge in [0, 0.05) is 43.8 Å². The molecule has 3 nitrogen and oxygen atoms in total. The lowest BCUT2D eigenvalue weighted by Gasteiger charge is -2.41. The number of alkyl halides is 2. The van der Waals surface area contributed by atoms with Gasteiger partial charge in [0.2, 0.25) is 0 Å².